The molecule has 2 aromatic carbocycles. The number of rotatable bonds is 6. The van der Waals surface area contributed by atoms with Gasteiger partial charge < -0.3 is 10.1 Å². The van der Waals surface area contributed by atoms with Gasteiger partial charge in [-0.2, -0.15) is 0 Å². The topological polar surface area (TPSA) is 62.4 Å². The molecule has 2 aromatic rings. The zero-order valence-corrected chi connectivity index (χ0v) is 14.8. The summed E-state index contributed by atoms with van der Waals surface area (Å²) in [6.07, 6.45) is 0.676. The fourth-order valence-corrected chi connectivity index (χ4v) is 3.05. The molecular formula is C19H22ClN3O2. The van der Waals surface area contributed by atoms with Crippen LogP contribution in [0.4, 0.5) is 0 Å². The van der Waals surface area contributed by atoms with E-state index in [2.05, 4.69) is 16.2 Å². The average molecular weight is 360 g/mol. The molecule has 1 aliphatic heterocycles. The molecule has 1 aliphatic rings. The van der Waals surface area contributed by atoms with Gasteiger partial charge in [0.2, 0.25) is 5.91 Å². The third kappa shape index (κ3) is 4.72. The molecule has 2 atom stereocenters. The molecule has 1 saturated heterocycles. The summed E-state index contributed by atoms with van der Waals surface area (Å²) < 4.78 is 5.41. The van der Waals surface area contributed by atoms with Crippen LogP contribution < -0.4 is 20.9 Å². The number of amides is 1. The van der Waals surface area contributed by atoms with E-state index in [4.69, 9.17) is 16.3 Å². The summed E-state index contributed by atoms with van der Waals surface area (Å²) in [4.78, 5) is 12.4. The number of hydrazine groups is 1. The molecule has 132 valence electrons. The molecule has 1 fully saturated rings. The molecule has 0 aromatic heterocycles. The largest absolute Gasteiger partial charge is 0.494 e. The van der Waals surface area contributed by atoms with Crippen molar-refractivity contribution in [2.45, 2.75) is 32.0 Å². The number of ether oxygens (including phenoxy) is 1. The Balaban J connectivity index is 1.50. The fourth-order valence-electron chi connectivity index (χ4n) is 2.85. The molecule has 0 saturated carbocycles. The number of hydrogen-bond donors (Lipinski definition) is 3. The highest BCUT2D eigenvalue weighted by Crippen LogP contribution is 2.24. The quantitative estimate of drug-likeness (QED) is 0.742. The van der Waals surface area contributed by atoms with E-state index in [1.54, 1.807) is 0 Å². The maximum atomic E-state index is 12.4. The number of carbonyl (C=O) groups is 1. The minimum absolute atomic E-state index is 0.0223. The maximum absolute atomic E-state index is 12.4. The molecule has 0 aliphatic carbocycles. The highest BCUT2D eigenvalue weighted by molar-refractivity contribution is 6.30. The normalized spacial score (nSPS) is 19.6. The Bertz CT molecular complexity index is 721. The van der Waals surface area contributed by atoms with Crippen molar-refractivity contribution in [3.8, 4) is 5.75 Å². The molecule has 0 bridgehead atoms. The van der Waals surface area contributed by atoms with Gasteiger partial charge in [-0.15, -0.1) is 0 Å². The lowest BCUT2D eigenvalue weighted by Gasteiger charge is -2.11. The van der Waals surface area contributed by atoms with Gasteiger partial charge in [-0.1, -0.05) is 35.9 Å². The van der Waals surface area contributed by atoms with Crippen LogP contribution in [0, 0.1) is 0 Å². The van der Waals surface area contributed by atoms with Crippen molar-refractivity contribution < 1.29 is 9.53 Å². The second-order valence-corrected chi connectivity index (χ2v) is 6.42. The van der Waals surface area contributed by atoms with E-state index in [1.165, 1.54) is 0 Å². The van der Waals surface area contributed by atoms with Crippen molar-refractivity contribution >= 4 is 17.5 Å². The highest BCUT2D eigenvalue weighted by Gasteiger charge is 2.29. The summed E-state index contributed by atoms with van der Waals surface area (Å²) in [6.45, 7) is 3.09. The number of hydrogen-bond acceptors (Lipinski definition) is 4. The van der Waals surface area contributed by atoms with Crippen molar-refractivity contribution in [1.82, 2.24) is 16.2 Å². The molecule has 3 N–H and O–H groups in total. The van der Waals surface area contributed by atoms with Crippen LogP contribution in [-0.4, -0.2) is 18.6 Å². The van der Waals surface area contributed by atoms with E-state index in [-0.39, 0.29) is 18.0 Å². The van der Waals surface area contributed by atoms with E-state index in [1.807, 2.05) is 55.5 Å². The van der Waals surface area contributed by atoms with Crippen molar-refractivity contribution in [3.05, 3.63) is 64.7 Å². The number of halogens is 1. The van der Waals surface area contributed by atoms with Crippen LogP contribution in [-0.2, 0) is 11.3 Å². The van der Waals surface area contributed by atoms with Gasteiger partial charge in [0.15, 0.2) is 0 Å². The van der Waals surface area contributed by atoms with Gasteiger partial charge >= 0.3 is 0 Å². The summed E-state index contributed by atoms with van der Waals surface area (Å²) in [6, 6.07) is 15.2. The zero-order valence-electron chi connectivity index (χ0n) is 14.1. The third-order valence-electron chi connectivity index (χ3n) is 4.17. The van der Waals surface area contributed by atoms with Crippen LogP contribution >= 0.6 is 11.6 Å². The second kappa shape index (κ2) is 8.34. The molecule has 2 unspecified atom stereocenters. The number of carbonyl (C=O) groups excluding carboxylic acids is 1. The molecule has 1 amide bonds. The maximum Gasteiger partial charge on any atom is 0.238 e. The fraction of sp³-hybridized carbons (Fsp3) is 0.316. The Morgan fingerprint density at radius 2 is 2.04 bits per heavy atom. The van der Waals surface area contributed by atoms with Gasteiger partial charge in [0, 0.05) is 17.6 Å². The van der Waals surface area contributed by atoms with Crippen molar-refractivity contribution in [2.75, 3.05) is 6.61 Å². The molecule has 5 nitrogen and oxygen atoms in total. The van der Waals surface area contributed by atoms with Crippen molar-refractivity contribution in [1.29, 1.82) is 0 Å². The van der Waals surface area contributed by atoms with Crippen molar-refractivity contribution in [2.24, 2.45) is 0 Å². The van der Waals surface area contributed by atoms with Crippen LogP contribution in [0.5, 0.6) is 5.75 Å². The second-order valence-electron chi connectivity index (χ2n) is 5.98. The lowest BCUT2D eigenvalue weighted by molar-refractivity contribution is -0.123. The van der Waals surface area contributed by atoms with E-state index in [0.717, 1.165) is 16.9 Å². The first kappa shape index (κ1) is 17.7. The van der Waals surface area contributed by atoms with Gasteiger partial charge in [-0.3, -0.25) is 4.79 Å². The Hall–Kier alpha value is -2.08. The predicted octanol–water partition coefficient (Wildman–Crippen LogP) is 2.96. The van der Waals surface area contributed by atoms with Crippen LogP contribution in [0.25, 0.3) is 0 Å². The van der Waals surface area contributed by atoms with Crippen LogP contribution in [0.3, 0.4) is 0 Å². The molecular weight excluding hydrogens is 338 g/mol. The summed E-state index contributed by atoms with van der Waals surface area (Å²) in [7, 11) is 0. The first-order chi connectivity index (χ1) is 12.2. The minimum atomic E-state index is -0.272. The van der Waals surface area contributed by atoms with Gasteiger partial charge in [-0.05, 0) is 48.7 Å². The van der Waals surface area contributed by atoms with Gasteiger partial charge in [0.1, 0.15) is 11.8 Å². The van der Waals surface area contributed by atoms with E-state index < -0.39 is 0 Å². The Labute approximate surface area is 152 Å². The van der Waals surface area contributed by atoms with E-state index in [9.17, 15) is 4.79 Å². The smallest absolute Gasteiger partial charge is 0.238 e. The molecule has 1 heterocycles. The molecule has 0 spiro atoms. The zero-order chi connectivity index (χ0) is 17.6. The molecule has 6 heteroatoms. The van der Waals surface area contributed by atoms with Crippen molar-refractivity contribution in [3.63, 3.8) is 0 Å². The van der Waals surface area contributed by atoms with E-state index in [0.29, 0.717) is 24.6 Å². The predicted molar refractivity (Wildman–Crippen MR) is 98.3 cm³/mol. The highest BCUT2D eigenvalue weighted by atomic mass is 35.5. The van der Waals surface area contributed by atoms with E-state index >= 15 is 0 Å². The van der Waals surface area contributed by atoms with Gasteiger partial charge in [0.25, 0.3) is 0 Å². The minimum Gasteiger partial charge on any atom is -0.494 e. The van der Waals surface area contributed by atoms with Crippen LogP contribution in [0.1, 0.15) is 30.5 Å². The standard InChI is InChI=1S/C19H22ClN3O2/c1-2-25-16-8-6-13(7-9-16)12-21-19(24)18-11-17(22-23-18)14-4-3-5-15(20)10-14/h3-10,17-18,22-23H,2,11-12H2,1H3,(H,21,24). The Kier molecular flexibility index (Phi) is 5.91. The first-order valence-corrected chi connectivity index (χ1v) is 8.79. The Morgan fingerprint density at radius 1 is 1.24 bits per heavy atom. The lowest BCUT2D eigenvalue weighted by atomic mass is 10.0. The Morgan fingerprint density at radius 3 is 2.76 bits per heavy atom. The SMILES string of the molecule is CCOc1ccc(CNC(=O)C2CC(c3cccc(Cl)c3)NN2)cc1. The number of nitrogens with one attached hydrogen (secondary N) is 3. The average Bonchev–Trinajstić information content (AvgIpc) is 3.11. The van der Waals surface area contributed by atoms with Gasteiger partial charge in [-0.25, -0.2) is 10.9 Å². The first-order valence-electron chi connectivity index (χ1n) is 8.41. The van der Waals surface area contributed by atoms with Crippen LogP contribution in [0.2, 0.25) is 5.02 Å². The number of benzene rings is 2. The lowest BCUT2D eigenvalue weighted by Crippen LogP contribution is -2.42. The molecule has 0 radical (unpaired) electrons. The summed E-state index contributed by atoms with van der Waals surface area (Å²) >= 11 is 6.03. The monoisotopic (exact) mass is 359 g/mol. The summed E-state index contributed by atoms with van der Waals surface area (Å²) in [5.41, 5.74) is 8.33. The summed E-state index contributed by atoms with van der Waals surface area (Å²) in [5.74, 6) is 0.814. The third-order valence-corrected chi connectivity index (χ3v) is 4.41. The van der Waals surface area contributed by atoms with Gasteiger partial charge in [0.05, 0.1) is 6.61 Å². The van der Waals surface area contributed by atoms with Crippen LogP contribution in [0.15, 0.2) is 48.5 Å². The molecule has 25 heavy (non-hydrogen) atoms. The summed E-state index contributed by atoms with van der Waals surface area (Å²) in [5, 5.41) is 3.66. The molecule has 3 rings (SSSR count).